The molecule has 7 nitrogen and oxygen atoms in total. The molecular weight excluding hydrogens is 313 g/mol. The highest BCUT2D eigenvalue weighted by Crippen LogP contribution is 2.32. The normalized spacial score (nSPS) is 21.2. The van der Waals surface area contributed by atoms with E-state index < -0.39 is 12.4 Å². The van der Waals surface area contributed by atoms with Crippen LogP contribution in [-0.2, 0) is 4.74 Å². The molecule has 0 aliphatic carbocycles. The summed E-state index contributed by atoms with van der Waals surface area (Å²) < 4.78 is 43.3. The molecule has 0 radical (unpaired) electrons. The van der Waals surface area contributed by atoms with Crippen LogP contribution in [0.3, 0.4) is 0 Å². The fraction of sp³-hybridized carbons (Fsp3) is 0.462. The molecule has 2 atom stereocenters. The zero-order valence-electron chi connectivity index (χ0n) is 11.8. The zero-order valence-corrected chi connectivity index (χ0v) is 11.8. The first kappa shape index (κ1) is 15.5. The molecule has 23 heavy (non-hydrogen) atoms. The second-order valence-corrected chi connectivity index (χ2v) is 5.09. The van der Waals surface area contributed by atoms with Crippen LogP contribution >= 0.6 is 0 Å². The lowest BCUT2D eigenvalue weighted by Gasteiger charge is -2.10. The van der Waals surface area contributed by atoms with Gasteiger partial charge in [-0.3, -0.25) is 0 Å². The molecule has 1 saturated heterocycles. The number of rotatable bonds is 3. The van der Waals surface area contributed by atoms with Gasteiger partial charge in [0.25, 0.3) is 0 Å². The molecular formula is C13H13F3N6O. The van der Waals surface area contributed by atoms with Gasteiger partial charge in [-0.15, -0.1) is 0 Å². The van der Waals surface area contributed by atoms with Gasteiger partial charge in [-0.25, -0.2) is 20.5 Å². The lowest BCUT2D eigenvalue weighted by atomic mass is 10.0. The van der Waals surface area contributed by atoms with E-state index in [0.717, 1.165) is 0 Å². The number of nitrogens with two attached hydrogens (primary N) is 1. The van der Waals surface area contributed by atoms with Crippen LogP contribution in [0, 0.1) is 17.8 Å². The monoisotopic (exact) mass is 326 g/mol. The van der Waals surface area contributed by atoms with Crippen LogP contribution in [0.1, 0.15) is 19.1 Å². The number of alkyl halides is 3. The van der Waals surface area contributed by atoms with Crippen molar-refractivity contribution < 1.29 is 17.9 Å². The van der Waals surface area contributed by atoms with E-state index in [1.54, 1.807) is 10.9 Å². The number of nitrogens with one attached hydrogen (secondary N) is 1. The molecule has 122 valence electrons. The molecule has 2 aromatic heterocycles. The van der Waals surface area contributed by atoms with Crippen molar-refractivity contribution in [2.24, 2.45) is 11.8 Å². The van der Waals surface area contributed by atoms with Crippen molar-refractivity contribution in [2.45, 2.75) is 25.2 Å². The molecule has 0 amide bonds. The van der Waals surface area contributed by atoms with Crippen molar-refractivity contribution in [1.82, 2.24) is 19.7 Å². The largest absolute Gasteiger partial charge is 0.457 e. The third kappa shape index (κ3) is 3.35. The number of hydrogen-bond donors (Lipinski definition) is 2. The van der Waals surface area contributed by atoms with Gasteiger partial charge in [0.05, 0.1) is 18.2 Å². The third-order valence-corrected chi connectivity index (χ3v) is 3.48. The number of fused-ring (bicyclic) bond motifs is 1. The number of hydrogen-bond acceptors (Lipinski definition) is 6. The molecule has 3 heterocycles. The molecule has 0 saturated carbocycles. The summed E-state index contributed by atoms with van der Waals surface area (Å²) in [4.78, 5) is 8.13. The molecule has 0 bridgehead atoms. The summed E-state index contributed by atoms with van der Waals surface area (Å²) in [5, 5.41) is 4.86. The highest BCUT2D eigenvalue weighted by Gasteiger charge is 2.29. The van der Waals surface area contributed by atoms with Crippen molar-refractivity contribution in [3.8, 4) is 11.8 Å². The van der Waals surface area contributed by atoms with Gasteiger partial charge in [0.1, 0.15) is 6.33 Å². The van der Waals surface area contributed by atoms with Crippen molar-refractivity contribution >= 4 is 16.9 Å². The van der Waals surface area contributed by atoms with Crippen LogP contribution < -0.4 is 11.3 Å². The van der Waals surface area contributed by atoms with Crippen LogP contribution in [0.15, 0.2) is 12.5 Å². The number of halogens is 3. The first-order chi connectivity index (χ1) is 11.0. The van der Waals surface area contributed by atoms with Crippen LogP contribution in [0.25, 0.3) is 11.0 Å². The van der Waals surface area contributed by atoms with E-state index >= 15 is 0 Å². The molecule has 1 aliphatic rings. The Morgan fingerprint density at radius 3 is 3.00 bits per heavy atom. The summed E-state index contributed by atoms with van der Waals surface area (Å²) in [6, 6.07) is 0. The van der Waals surface area contributed by atoms with Crippen LogP contribution in [0.5, 0.6) is 0 Å². The first-order valence-electron chi connectivity index (χ1n) is 6.81. The summed E-state index contributed by atoms with van der Waals surface area (Å²) in [7, 11) is 0. The standard InChI is InChI=1S/C13H13F3N6O/c14-13(15,16)3-1-2-8-4-10(23-6-8)22-12-9(5-20-22)11(21-17)18-7-19-12/h5,7-8,10H,2,4,6,17H2,(H,18,19,21). The van der Waals surface area contributed by atoms with Crippen LogP contribution in [0.4, 0.5) is 19.0 Å². The van der Waals surface area contributed by atoms with Gasteiger partial charge >= 0.3 is 6.18 Å². The molecule has 1 aliphatic heterocycles. The average Bonchev–Trinajstić information content (AvgIpc) is 3.11. The fourth-order valence-corrected chi connectivity index (χ4v) is 2.46. The maximum Gasteiger partial charge on any atom is 0.457 e. The summed E-state index contributed by atoms with van der Waals surface area (Å²) >= 11 is 0. The van der Waals surface area contributed by atoms with Gasteiger partial charge in [-0.1, -0.05) is 5.92 Å². The van der Waals surface area contributed by atoms with Gasteiger partial charge in [-0.05, 0) is 5.92 Å². The minimum absolute atomic E-state index is 0.0805. The molecule has 1 fully saturated rings. The molecule has 0 aromatic carbocycles. The van der Waals surface area contributed by atoms with E-state index in [0.29, 0.717) is 29.9 Å². The highest BCUT2D eigenvalue weighted by atomic mass is 19.4. The third-order valence-electron chi connectivity index (χ3n) is 3.48. The van der Waals surface area contributed by atoms with Crippen molar-refractivity contribution in [3.63, 3.8) is 0 Å². The van der Waals surface area contributed by atoms with Gasteiger partial charge in [-0.2, -0.15) is 18.3 Å². The first-order valence-corrected chi connectivity index (χ1v) is 6.81. The highest BCUT2D eigenvalue weighted by molar-refractivity contribution is 5.85. The predicted molar refractivity (Wildman–Crippen MR) is 74.7 cm³/mol. The molecule has 10 heteroatoms. The Hall–Kier alpha value is -2.38. The van der Waals surface area contributed by atoms with E-state index in [1.165, 1.54) is 12.2 Å². The molecule has 2 unspecified atom stereocenters. The topological polar surface area (TPSA) is 90.9 Å². The van der Waals surface area contributed by atoms with Crippen LogP contribution in [0.2, 0.25) is 0 Å². The Labute approximate surface area is 129 Å². The van der Waals surface area contributed by atoms with E-state index in [1.807, 2.05) is 0 Å². The SMILES string of the molecule is NNc1ncnc2c1cnn2C1CC(CC#CC(F)(F)F)CO1. The maximum atomic E-state index is 12.0. The van der Waals surface area contributed by atoms with E-state index in [-0.39, 0.29) is 12.3 Å². The predicted octanol–water partition coefficient (Wildman–Crippen LogP) is 1.60. The Balaban J connectivity index is 1.73. The lowest BCUT2D eigenvalue weighted by molar-refractivity contribution is -0.0697. The second-order valence-electron chi connectivity index (χ2n) is 5.09. The van der Waals surface area contributed by atoms with Gasteiger partial charge < -0.3 is 10.2 Å². The average molecular weight is 326 g/mol. The second kappa shape index (κ2) is 6.02. The number of ether oxygens (including phenoxy) is 1. The molecule has 3 N–H and O–H groups in total. The summed E-state index contributed by atoms with van der Waals surface area (Å²) in [5.74, 6) is 9.16. The Morgan fingerprint density at radius 1 is 1.43 bits per heavy atom. The van der Waals surface area contributed by atoms with Crippen LogP contribution in [-0.4, -0.2) is 32.5 Å². The molecule has 3 rings (SSSR count). The van der Waals surface area contributed by atoms with Gasteiger partial charge in [0.2, 0.25) is 0 Å². The van der Waals surface area contributed by atoms with Crippen molar-refractivity contribution in [1.29, 1.82) is 0 Å². The number of hydrazine groups is 1. The molecule has 0 spiro atoms. The lowest BCUT2D eigenvalue weighted by Crippen LogP contribution is -2.11. The quantitative estimate of drug-likeness (QED) is 0.506. The number of nitrogens with zero attached hydrogens (tertiary/aromatic N) is 4. The Morgan fingerprint density at radius 2 is 2.26 bits per heavy atom. The van der Waals surface area contributed by atoms with Crippen molar-refractivity contribution in [2.75, 3.05) is 12.0 Å². The minimum atomic E-state index is -4.46. The van der Waals surface area contributed by atoms with Gasteiger partial charge in [0, 0.05) is 18.8 Å². The van der Waals surface area contributed by atoms with Crippen molar-refractivity contribution in [3.05, 3.63) is 12.5 Å². The number of nitrogen functional groups attached to an aromatic ring is 1. The summed E-state index contributed by atoms with van der Waals surface area (Å²) in [6.45, 7) is 0.325. The van der Waals surface area contributed by atoms with E-state index in [2.05, 4.69) is 26.4 Å². The fourth-order valence-electron chi connectivity index (χ4n) is 2.46. The summed E-state index contributed by atoms with van der Waals surface area (Å²) in [6.07, 6.45) is -1.31. The van der Waals surface area contributed by atoms with E-state index in [4.69, 9.17) is 10.6 Å². The molecule has 2 aromatic rings. The Bertz CT molecular complexity index is 762. The number of anilines is 1. The summed E-state index contributed by atoms with van der Waals surface area (Å²) in [5.41, 5.74) is 3.00. The maximum absolute atomic E-state index is 12.0. The minimum Gasteiger partial charge on any atom is -0.356 e. The number of aromatic nitrogens is 4. The Kier molecular flexibility index (Phi) is 4.06. The smallest absolute Gasteiger partial charge is 0.356 e. The van der Waals surface area contributed by atoms with Gasteiger partial charge in [0.15, 0.2) is 17.7 Å². The van der Waals surface area contributed by atoms with E-state index in [9.17, 15) is 13.2 Å². The zero-order chi connectivity index (χ0) is 16.4.